The summed E-state index contributed by atoms with van der Waals surface area (Å²) in [5.41, 5.74) is 2.69. The zero-order chi connectivity index (χ0) is 20.9. The lowest BCUT2D eigenvalue weighted by molar-refractivity contribution is -0.131. The number of aromatic nitrogens is 2. The molecule has 0 aliphatic carbocycles. The minimum Gasteiger partial charge on any atom is -0.459 e. The van der Waals surface area contributed by atoms with E-state index in [-0.39, 0.29) is 30.7 Å². The third-order valence-electron chi connectivity index (χ3n) is 4.87. The maximum atomic E-state index is 12.9. The molecule has 0 bridgehead atoms. The largest absolute Gasteiger partial charge is 0.459 e. The van der Waals surface area contributed by atoms with Gasteiger partial charge in [0.1, 0.15) is 12.4 Å². The first-order chi connectivity index (χ1) is 14.6. The molecule has 2 heterocycles. The second-order valence-corrected chi connectivity index (χ2v) is 7.00. The summed E-state index contributed by atoms with van der Waals surface area (Å²) < 4.78 is 6.97. The summed E-state index contributed by atoms with van der Waals surface area (Å²) in [5, 5.41) is 2.80. The van der Waals surface area contributed by atoms with E-state index >= 15 is 0 Å². The Morgan fingerprint density at radius 1 is 1.03 bits per heavy atom. The Kier molecular flexibility index (Phi) is 5.61. The lowest BCUT2D eigenvalue weighted by atomic mass is 10.2. The molecule has 4 aromatic rings. The summed E-state index contributed by atoms with van der Waals surface area (Å²) in [4.78, 5) is 31.4. The van der Waals surface area contributed by atoms with Crippen LogP contribution in [0.25, 0.3) is 11.0 Å². The Bertz CT molecular complexity index is 1150. The van der Waals surface area contributed by atoms with E-state index in [4.69, 9.17) is 4.42 Å². The van der Waals surface area contributed by atoms with Crippen molar-refractivity contribution >= 4 is 22.8 Å². The van der Waals surface area contributed by atoms with E-state index in [1.54, 1.807) is 24.1 Å². The van der Waals surface area contributed by atoms with Gasteiger partial charge in [0.25, 0.3) is 5.91 Å². The number of amides is 2. The summed E-state index contributed by atoms with van der Waals surface area (Å²) in [6, 6.07) is 20.7. The summed E-state index contributed by atoms with van der Waals surface area (Å²) in [6.07, 6.45) is 1.45. The van der Waals surface area contributed by atoms with Crippen LogP contribution in [0.15, 0.2) is 77.4 Å². The quantitative estimate of drug-likeness (QED) is 0.515. The first kappa shape index (κ1) is 19.4. The standard InChI is InChI=1S/C23H22N4O3/c1-26(15-17-8-3-2-4-9-17)22(28)16-27-19-11-6-5-10-18(19)25-21(27)14-24-23(29)20-12-7-13-30-20/h2-13H,14-16H2,1H3,(H,24,29). The lowest BCUT2D eigenvalue weighted by Gasteiger charge is -2.19. The molecule has 7 nitrogen and oxygen atoms in total. The van der Waals surface area contributed by atoms with Crippen molar-refractivity contribution in [2.24, 2.45) is 0 Å². The van der Waals surface area contributed by atoms with Crippen molar-refractivity contribution in [2.75, 3.05) is 7.05 Å². The smallest absolute Gasteiger partial charge is 0.287 e. The third kappa shape index (κ3) is 4.25. The van der Waals surface area contributed by atoms with Crippen molar-refractivity contribution in [3.63, 3.8) is 0 Å². The Morgan fingerprint density at radius 3 is 2.57 bits per heavy atom. The van der Waals surface area contributed by atoms with E-state index < -0.39 is 0 Å². The number of fused-ring (bicyclic) bond motifs is 1. The molecule has 0 saturated heterocycles. The summed E-state index contributed by atoms with van der Waals surface area (Å²) in [7, 11) is 1.78. The molecular formula is C23H22N4O3. The highest BCUT2D eigenvalue weighted by molar-refractivity contribution is 5.91. The number of carbonyl (C=O) groups excluding carboxylic acids is 2. The molecule has 0 aliphatic heterocycles. The van der Waals surface area contributed by atoms with E-state index in [1.165, 1.54) is 6.26 Å². The van der Waals surface area contributed by atoms with Crippen LogP contribution in [-0.2, 0) is 24.4 Å². The van der Waals surface area contributed by atoms with E-state index in [2.05, 4.69) is 10.3 Å². The molecule has 4 rings (SSSR count). The maximum Gasteiger partial charge on any atom is 0.287 e. The fraction of sp³-hybridized carbons (Fsp3) is 0.174. The third-order valence-corrected chi connectivity index (χ3v) is 4.87. The fourth-order valence-corrected chi connectivity index (χ4v) is 3.29. The molecule has 2 aromatic carbocycles. The van der Waals surface area contributed by atoms with Crippen LogP contribution in [-0.4, -0.2) is 33.3 Å². The van der Waals surface area contributed by atoms with Crippen LogP contribution in [0.2, 0.25) is 0 Å². The van der Waals surface area contributed by atoms with E-state index in [9.17, 15) is 9.59 Å². The number of rotatable bonds is 7. The number of nitrogens with zero attached hydrogens (tertiary/aromatic N) is 3. The van der Waals surface area contributed by atoms with Crippen LogP contribution in [0.5, 0.6) is 0 Å². The van der Waals surface area contributed by atoms with Gasteiger partial charge in [-0.1, -0.05) is 42.5 Å². The van der Waals surface area contributed by atoms with E-state index in [0.29, 0.717) is 12.4 Å². The Labute approximate surface area is 173 Å². The highest BCUT2D eigenvalue weighted by Gasteiger charge is 2.17. The normalized spacial score (nSPS) is 10.8. The molecule has 30 heavy (non-hydrogen) atoms. The number of hydrogen-bond acceptors (Lipinski definition) is 4. The predicted molar refractivity (Wildman–Crippen MR) is 113 cm³/mol. The molecule has 0 unspecified atom stereocenters. The summed E-state index contributed by atoms with van der Waals surface area (Å²) >= 11 is 0. The lowest BCUT2D eigenvalue weighted by Crippen LogP contribution is -2.31. The highest BCUT2D eigenvalue weighted by Crippen LogP contribution is 2.17. The van der Waals surface area contributed by atoms with Gasteiger partial charge in [-0.15, -0.1) is 0 Å². The Morgan fingerprint density at radius 2 is 1.80 bits per heavy atom. The molecule has 0 fully saturated rings. The minimum absolute atomic E-state index is 0.0411. The van der Waals surface area contributed by atoms with Crippen molar-refractivity contribution in [1.29, 1.82) is 0 Å². The average Bonchev–Trinajstić information content (AvgIpc) is 3.41. The molecule has 7 heteroatoms. The van der Waals surface area contributed by atoms with Crippen molar-refractivity contribution in [3.05, 3.63) is 90.1 Å². The second-order valence-electron chi connectivity index (χ2n) is 7.00. The molecule has 0 spiro atoms. The van der Waals surface area contributed by atoms with Gasteiger partial charge in [-0.05, 0) is 29.8 Å². The summed E-state index contributed by atoms with van der Waals surface area (Å²) in [5.74, 6) is 0.473. The number of hydrogen-bond donors (Lipinski definition) is 1. The molecule has 0 radical (unpaired) electrons. The molecular weight excluding hydrogens is 380 g/mol. The Hall–Kier alpha value is -3.87. The molecule has 2 amide bonds. The van der Waals surface area contributed by atoms with Gasteiger partial charge in [-0.2, -0.15) is 0 Å². The maximum absolute atomic E-state index is 12.9. The van der Waals surface area contributed by atoms with Crippen LogP contribution in [0, 0.1) is 0 Å². The number of para-hydroxylation sites is 2. The molecule has 0 saturated carbocycles. The van der Waals surface area contributed by atoms with Crippen LogP contribution < -0.4 is 5.32 Å². The monoisotopic (exact) mass is 402 g/mol. The number of nitrogens with one attached hydrogen (secondary N) is 1. The molecule has 0 aliphatic rings. The van der Waals surface area contributed by atoms with Crippen LogP contribution in [0.4, 0.5) is 0 Å². The number of benzene rings is 2. The van der Waals surface area contributed by atoms with Gasteiger partial charge in [0.2, 0.25) is 5.91 Å². The Balaban J connectivity index is 1.52. The number of imidazole rings is 1. The minimum atomic E-state index is -0.328. The van der Waals surface area contributed by atoms with Gasteiger partial charge >= 0.3 is 0 Å². The van der Waals surface area contributed by atoms with Crippen molar-refractivity contribution in [3.8, 4) is 0 Å². The van der Waals surface area contributed by atoms with Crippen LogP contribution in [0.3, 0.4) is 0 Å². The second kappa shape index (κ2) is 8.65. The fourth-order valence-electron chi connectivity index (χ4n) is 3.29. The number of carbonyl (C=O) groups is 2. The van der Waals surface area contributed by atoms with Gasteiger partial charge in [0.05, 0.1) is 23.8 Å². The predicted octanol–water partition coefficient (Wildman–Crippen LogP) is 3.22. The average molecular weight is 402 g/mol. The zero-order valence-corrected chi connectivity index (χ0v) is 16.6. The molecule has 0 atom stereocenters. The first-order valence-electron chi connectivity index (χ1n) is 9.65. The first-order valence-corrected chi connectivity index (χ1v) is 9.65. The van der Waals surface area contributed by atoms with E-state index in [1.807, 2.05) is 59.2 Å². The molecule has 2 aromatic heterocycles. The van der Waals surface area contributed by atoms with Gasteiger partial charge in [-0.3, -0.25) is 9.59 Å². The van der Waals surface area contributed by atoms with Gasteiger partial charge < -0.3 is 19.2 Å². The van der Waals surface area contributed by atoms with Crippen LogP contribution >= 0.6 is 0 Å². The van der Waals surface area contributed by atoms with Gasteiger partial charge in [0, 0.05) is 13.6 Å². The topological polar surface area (TPSA) is 80.4 Å². The van der Waals surface area contributed by atoms with E-state index in [0.717, 1.165) is 16.6 Å². The van der Waals surface area contributed by atoms with Crippen LogP contribution in [0.1, 0.15) is 21.9 Å². The molecule has 1 N–H and O–H groups in total. The molecule has 152 valence electrons. The number of likely N-dealkylation sites (N-methyl/N-ethyl adjacent to an activating group) is 1. The summed E-state index contributed by atoms with van der Waals surface area (Å²) in [6.45, 7) is 0.844. The van der Waals surface area contributed by atoms with Gasteiger partial charge in [0.15, 0.2) is 5.76 Å². The highest BCUT2D eigenvalue weighted by atomic mass is 16.3. The van der Waals surface area contributed by atoms with Crippen molar-refractivity contribution < 1.29 is 14.0 Å². The van der Waals surface area contributed by atoms with Crippen molar-refractivity contribution in [2.45, 2.75) is 19.6 Å². The van der Waals surface area contributed by atoms with Crippen molar-refractivity contribution in [1.82, 2.24) is 19.8 Å². The zero-order valence-electron chi connectivity index (χ0n) is 16.6. The van der Waals surface area contributed by atoms with Gasteiger partial charge in [-0.25, -0.2) is 4.98 Å². The number of furan rings is 1. The SMILES string of the molecule is CN(Cc1ccccc1)C(=O)Cn1c(CNC(=O)c2ccco2)nc2ccccc21.